The van der Waals surface area contributed by atoms with Gasteiger partial charge in [0.1, 0.15) is 18.0 Å². The predicted molar refractivity (Wildman–Crippen MR) is 118 cm³/mol. The van der Waals surface area contributed by atoms with E-state index in [4.69, 9.17) is 20.6 Å². The molecule has 2 aromatic rings. The molecule has 2 aliphatic rings. The second kappa shape index (κ2) is 8.99. The van der Waals surface area contributed by atoms with Crippen molar-refractivity contribution in [1.29, 1.82) is 0 Å². The highest BCUT2D eigenvalue weighted by atomic mass is 16.5. The highest BCUT2D eigenvalue weighted by molar-refractivity contribution is 5.43. The molecule has 5 heteroatoms. The van der Waals surface area contributed by atoms with Crippen molar-refractivity contribution in [2.45, 2.75) is 31.5 Å². The predicted octanol–water partition coefficient (Wildman–Crippen LogP) is 3.57. The van der Waals surface area contributed by atoms with Crippen LogP contribution in [0.5, 0.6) is 17.2 Å². The number of para-hydroxylation sites is 1. The van der Waals surface area contributed by atoms with Gasteiger partial charge in [-0.05, 0) is 30.8 Å². The van der Waals surface area contributed by atoms with Crippen molar-refractivity contribution in [3.63, 3.8) is 0 Å². The third-order valence-corrected chi connectivity index (χ3v) is 6.05. The van der Waals surface area contributed by atoms with E-state index in [1.54, 1.807) is 7.11 Å². The molecule has 0 aliphatic carbocycles. The fourth-order valence-electron chi connectivity index (χ4n) is 4.41. The Morgan fingerprint density at radius 3 is 2.70 bits per heavy atom. The summed E-state index contributed by atoms with van der Waals surface area (Å²) in [7, 11) is 3.84. The molecule has 0 radical (unpaired) electrons. The Morgan fingerprint density at radius 2 is 1.93 bits per heavy atom. The minimum absolute atomic E-state index is 0.140. The van der Waals surface area contributed by atoms with E-state index >= 15 is 0 Å². The van der Waals surface area contributed by atoms with E-state index in [1.165, 1.54) is 11.1 Å². The van der Waals surface area contributed by atoms with E-state index < -0.39 is 0 Å². The molecule has 2 aliphatic heterocycles. The largest absolute Gasteiger partial charge is 0.493 e. The molecule has 0 unspecified atom stereocenters. The molecule has 0 atom stereocenters. The van der Waals surface area contributed by atoms with Crippen LogP contribution in [0.4, 0.5) is 0 Å². The van der Waals surface area contributed by atoms with Gasteiger partial charge in [-0.2, -0.15) is 0 Å². The van der Waals surface area contributed by atoms with Gasteiger partial charge in [-0.1, -0.05) is 30.2 Å². The molecule has 0 amide bonds. The van der Waals surface area contributed by atoms with Crippen molar-refractivity contribution in [1.82, 2.24) is 9.80 Å². The van der Waals surface area contributed by atoms with E-state index in [2.05, 4.69) is 53.1 Å². The molecular weight excluding hydrogens is 376 g/mol. The zero-order valence-corrected chi connectivity index (χ0v) is 17.9. The number of piperidine rings is 1. The fraction of sp³-hybridized carbons (Fsp3) is 0.440. The van der Waals surface area contributed by atoms with Crippen LogP contribution >= 0.6 is 0 Å². The normalized spacial score (nSPS) is 18.7. The van der Waals surface area contributed by atoms with Crippen molar-refractivity contribution in [2.75, 3.05) is 40.4 Å². The van der Waals surface area contributed by atoms with E-state index in [1.807, 2.05) is 12.1 Å². The fourth-order valence-corrected chi connectivity index (χ4v) is 4.41. The zero-order chi connectivity index (χ0) is 21.0. The Hall–Kier alpha value is -2.68. The molecule has 1 fully saturated rings. The Morgan fingerprint density at radius 1 is 1.13 bits per heavy atom. The maximum Gasteiger partial charge on any atom is 0.162 e. The van der Waals surface area contributed by atoms with E-state index in [0.717, 1.165) is 51.3 Å². The summed E-state index contributed by atoms with van der Waals surface area (Å²) in [4.78, 5) is 4.88. The van der Waals surface area contributed by atoms with Crippen LogP contribution < -0.4 is 14.2 Å². The topological polar surface area (TPSA) is 34.2 Å². The lowest BCUT2D eigenvalue weighted by Gasteiger charge is -2.42. The van der Waals surface area contributed by atoms with Gasteiger partial charge in [0, 0.05) is 51.1 Å². The summed E-state index contributed by atoms with van der Waals surface area (Å²) >= 11 is 0. The number of likely N-dealkylation sites (tertiary alicyclic amines) is 1. The number of ether oxygens (including phenoxy) is 3. The molecule has 0 N–H and O–H groups in total. The van der Waals surface area contributed by atoms with Crippen LogP contribution in [0.15, 0.2) is 42.5 Å². The minimum atomic E-state index is -0.140. The van der Waals surface area contributed by atoms with Crippen LogP contribution in [0.1, 0.15) is 24.0 Å². The molecule has 0 aromatic heterocycles. The number of fused-ring (bicyclic) bond motifs is 1. The van der Waals surface area contributed by atoms with E-state index in [-0.39, 0.29) is 12.2 Å². The number of methoxy groups -OCH3 is 1. The first kappa shape index (κ1) is 20.6. The van der Waals surface area contributed by atoms with Crippen molar-refractivity contribution in [2.24, 2.45) is 0 Å². The Bertz CT molecular complexity index is 913. The second-order valence-electron chi connectivity index (χ2n) is 8.32. The zero-order valence-electron chi connectivity index (χ0n) is 17.9. The van der Waals surface area contributed by atoms with Crippen molar-refractivity contribution < 1.29 is 14.2 Å². The van der Waals surface area contributed by atoms with Crippen LogP contribution in [0, 0.1) is 12.3 Å². The van der Waals surface area contributed by atoms with Crippen molar-refractivity contribution >= 4 is 0 Å². The average molecular weight is 407 g/mol. The SMILES string of the molecule is C#CCOc1ccc(CN2Cc3ccccc3OC3(CCN(C)CC3)C2)cc1OC. The third-order valence-electron chi connectivity index (χ3n) is 6.05. The number of rotatable bonds is 5. The lowest BCUT2D eigenvalue weighted by atomic mass is 9.90. The van der Waals surface area contributed by atoms with Crippen LogP contribution in [0.25, 0.3) is 0 Å². The van der Waals surface area contributed by atoms with Gasteiger partial charge in [-0.15, -0.1) is 6.42 Å². The minimum Gasteiger partial charge on any atom is -0.493 e. The van der Waals surface area contributed by atoms with Gasteiger partial charge < -0.3 is 19.1 Å². The third kappa shape index (κ3) is 4.56. The quantitative estimate of drug-likeness (QED) is 0.710. The molecule has 2 aromatic carbocycles. The Kier molecular flexibility index (Phi) is 6.17. The summed E-state index contributed by atoms with van der Waals surface area (Å²) in [5, 5.41) is 0. The monoisotopic (exact) mass is 406 g/mol. The van der Waals surface area contributed by atoms with Gasteiger partial charge in [-0.25, -0.2) is 0 Å². The summed E-state index contributed by atoms with van der Waals surface area (Å²) < 4.78 is 17.8. The van der Waals surface area contributed by atoms with E-state index in [0.29, 0.717) is 11.5 Å². The summed E-state index contributed by atoms with van der Waals surface area (Å²) in [6, 6.07) is 14.5. The van der Waals surface area contributed by atoms with Gasteiger partial charge >= 0.3 is 0 Å². The van der Waals surface area contributed by atoms with Crippen LogP contribution in [0.2, 0.25) is 0 Å². The number of benzene rings is 2. The lowest BCUT2D eigenvalue weighted by Crippen LogP contribution is -2.52. The first-order valence-electron chi connectivity index (χ1n) is 10.5. The Labute approximate surface area is 179 Å². The van der Waals surface area contributed by atoms with Gasteiger partial charge in [0.15, 0.2) is 11.5 Å². The van der Waals surface area contributed by atoms with Crippen LogP contribution in [-0.2, 0) is 13.1 Å². The molecule has 1 spiro atoms. The molecule has 30 heavy (non-hydrogen) atoms. The first-order valence-corrected chi connectivity index (χ1v) is 10.5. The van der Waals surface area contributed by atoms with Gasteiger partial charge in [0.2, 0.25) is 0 Å². The highest BCUT2D eigenvalue weighted by Crippen LogP contribution is 2.36. The molecule has 1 saturated heterocycles. The lowest BCUT2D eigenvalue weighted by molar-refractivity contribution is -0.0146. The summed E-state index contributed by atoms with van der Waals surface area (Å²) in [5.74, 6) is 4.91. The van der Waals surface area contributed by atoms with Crippen molar-refractivity contribution in [3.05, 3.63) is 53.6 Å². The number of terminal acetylenes is 1. The first-order chi connectivity index (χ1) is 14.6. The molecule has 4 rings (SSSR count). The van der Waals surface area contributed by atoms with Gasteiger partial charge in [0.05, 0.1) is 7.11 Å². The Balaban J connectivity index is 1.58. The van der Waals surface area contributed by atoms with Gasteiger partial charge in [-0.3, -0.25) is 4.90 Å². The molecule has 158 valence electrons. The summed E-state index contributed by atoms with van der Waals surface area (Å²) in [5.41, 5.74) is 2.29. The second-order valence-corrected chi connectivity index (χ2v) is 8.32. The molecule has 0 bridgehead atoms. The maximum atomic E-state index is 6.68. The number of nitrogens with zero attached hydrogens (tertiary/aromatic N) is 2. The smallest absolute Gasteiger partial charge is 0.162 e. The highest BCUT2D eigenvalue weighted by Gasteiger charge is 2.40. The molecule has 5 nitrogen and oxygen atoms in total. The molecule has 0 saturated carbocycles. The summed E-state index contributed by atoms with van der Waals surface area (Å²) in [6.07, 6.45) is 7.39. The molecular formula is C25H30N2O3. The maximum absolute atomic E-state index is 6.68. The average Bonchev–Trinajstić information content (AvgIpc) is 2.91. The van der Waals surface area contributed by atoms with Crippen LogP contribution in [0.3, 0.4) is 0 Å². The molecule has 2 heterocycles. The number of hydrogen-bond acceptors (Lipinski definition) is 5. The standard InChI is InChI=1S/C25H30N2O3/c1-4-15-29-23-10-9-20(16-24(23)28-3)17-27-18-21-7-5-6-8-22(21)30-25(19-27)11-13-26(2)14-12-25/h1,5-10,16H,11-15,17-19H2,2-3H3. The van der Waals surface area contributed by atoms with Gasteiger partial charge in [0.25, 0.3) is 0 Å². The number of hydrogen-bond donors (Lipinski definition) is 0. The van der Waals surface area contributed by atoms with Crippen molar-refractivity contribution in [3.8, 4) is 29.6 Å². The van der Waals surface area contributed by atoms with Crippen LogP contribution in [-0.4, -0.2) is 55.8 Å². The van der Waals surface area contributed by atoms with E-state index in [9.17, 15) is 0 Å². The summed E-state index contributed by atoms with van der Waals surface area (Å²) in [6.45, 7) is 4.95.